The Morgan fingerprint density at radius 3 is 2.61 bits per heavy atom. The number of methoxy groups -OCH3 is 1. The predicted octanol–water partition coefficient (Wildman–Crippen LogP) is 6.57. The summed E-state index contributed by atoms with van der Waals surface area (Å²) in [5.41, 5.74) is 1.71. The highest BCUT2D eigenvalue weighted by Crippen LogP contribution is 2.62. The lowest BCUT2D eigenvalue weighted by atomic mass is 9.46. The van der Waals surface area contributed by atoms with E-state index in [-0.39, 0.29) is 10.8 Å². The minimum Gasteiger partial charge on any atom is -0.493 e. The van der Waals surface area contributed by atoms with Crippen molar-refractivity contribution < 1.29 is 18.9 Å². The lowest BCUT2D eigenvalue weighted by Gasteiger charge is -2.62. The zero-order chi connectivity index (χ0) is 23.3. The van der Waals surface area contributed by atoms with Crippen LogP contribution in [0.2, 0.25) is 0 Å². The number of fused-ring (bicyclic) bond motifs is 3. The molecule has 0 aromatic carbocycles. The maximum atomic E-state index is 6.05. The van der Waals surface area contributed by atoms with Crippen LogP contribution in [-0.4, -0.2) is 38.2 Å². The summed E-state index contributed by atoms with van der Waals surface area (Å²) < 4.78 is 23.0. The second kappa shape index (κ2) is 10.8. The molecule has 3 saturated carbocycles. The smallest absolute Gasteiger partial charge is 0.216 e. The minimum atomic E-state index is 0.101. The fraction of sp³-hybridized carbons (Fsp3) is 0.750. The van der Waals surface area contributed by atoms with Gasteiger partial charge in [-0.25, -0.2) is 4.98 Å². The Hall–Kier alpha value is -1.59. The van der Waals surface area contributed by atoms with Gasteiger partial charge in [0.15, 0.2) is 0 Å². The molecule has 0 radical (unpaired) electrons. The number of hydrogen-bond donors (Lipinski definition) is 0. The second-order valence-electron chi connectivity index (χ2n) is 10.9. The first-order valence-corrected chi connectivity index (χ1v) is 13.0. The largest absolute Gasteiger partial charge is 0.493 e. The molecule has 5 rings (SSSR count). The molecule has 4 unspecified atom stereocenters. The highest BCUT2D eigenvalue weighted by Gasteiger charge is 2.59. The van der Waals surface area contributed by atoms with Crippen molar-refractivity contribution in [3.63, 3.8) is 0 Å². The van der Waals surface area contributed by atoms with Gasteiger partial charge < -0.3 is 18.9 Å². The highest BCUT2D eigenvalue weighted by molar-refractivity contribution is 5.26. The number of ether oxygens (including phenoxy) is 4. The van der Waals surface area contributed by atoms with E-state index in [4.69, 9.17) is 18.9 Å². The summed E-state index contributed by atoms with van der Waals surface area (Å²) >= 11 is 0. The number of hydrogen-bond acceptors (Lipinski definition) is 5. The van der Waals surface area contributed by atoms with E-state index in [1.165, 1.54) is 50.5 Å². The molecule has 4 fully saturated rings. The molecule has 0 N–H and O–H groups in total. The number of pyridine rings is 1. The Morgan fingerprint density at radius 2 is 1.88 bits per heavy atom. The third-order valence-corrected chi connectivity index (χ3v) is 8.92. The summed E-state index contributed by atoms with van der Waals surface area (Å²) in [5.74, 6) is 2.44. The topological polar surface area (TPSA) is 49.8 Å². The van der Waals surface area contributed by atoms with Gasteiger partial charge in [0.05, 0.1) is 26.4 Å². The Labute approximate surface area is 200 Å². The van der Waals surface area contributed by atoms with Crippen molar-refractivity contribution in [2.24, 2.45) is 22.7 Å². The molecule has 184 valence electrons. The van der Waals surface area contributed by atoms with Crippen molar-refractivity contribution in [1.82, 2.24) is 4.98 Å². The van der Waals surface area contributed by atoms with Crippen molar-refractivity contribution in [2.45, 2.75) is 84.2 Å². The van der Waals surface area contributed by atoms with Crippen LogP contribution in [0.3, 0.4) is 0 Å². The SMILES string of the molecule is C1CCCC1.C=C1CCC2C(C)(CCC3OCOC[C@]32C)C1CCOc1ccnc(OC)c1. The summed E-state index contributed by atoms with van der Waals surface area (Å²) in [5, 5.41) is 0. The molecule has 0 amide bonds. The molecule has 1 aromatic rings. The number of rotatable bonds is 5. The zero-order valence-corrected chi connectivity index (χ0v) is 20.9. The quantitative estimate of drug-likeness (QED) is 0.468. The number of nitrogens with zero attached hydrogens (tertiary/aromatic N) is 1. The van der Waals surface area contributed by atoms with E-state index in [2.05, 4.69) is 25.4 Å². The molecule has 5 atom stereocenters. The van der Waals surface area contributed by atoms with Crippen LogP contribution in [0.15, 0.2) is 30.5 Å². The maximum Gasteiger partial charge on any atom is 0.216 e. The van der Waals surface area contributed by atoms with Crippen LogP contribution in [0.25, 0.3) is 0 Å². The molecule has 2 heterocycles. The number of allylic oxidation sites excluding steroid dienone is 1. The second-order valence-corrected chi connectivity index (χ2v) is 10.9. The summed E-state index contributed by atoms with van der Waals surface area (Å²) in [4.78, 5) is 4.14. The first-order chi connectivity index (χ1) is 16.0. The molecular formula is C28H43NO4. The molecular weight excluding hydrogens is 414 g/mol. The molecule has 0 spiro atoms. The van der Waals surface area contributed by atoms with Gasteiger partial charge >= 0.3 is 0 Å². The van der Waals surface area contributed by atoms with Gasteiger partial charge in [0.1, 0.15) is 12.5 Å². The molecule has 0 bridgehead atoms. The minimum absolute atomic E-state index is 0.101. The van der Waals surface area contributed by atoms with Crippen LogP contribution in [0.4, 0.5) is 0 Å². The van der Waals surface area contributed by atoms with E-state index in [9.17, 15) is 0 Å². The van der Waals surface area contributed by atoms with Gasteiger partial charge in [-0.05, 0) is 55.4 Å². The van der Waals surface area contributed by atoms with Crippen LogP contribution >= 0.6 is 0 Å². The molecule has 1 aromatic heterocycles. The van der Waals surface area contributed by atoms with Gasteiger partial charge in [0, 0.05) is 17.7 Å². The van der Waals surface area contributed by atoms with Crippen molar-refractivity contribution in [3.8, 4) is 11.6 Å². The van der Waals surface area contributed by atoms with Crippen LogP contribution in [0.5, 0.6) is 11.6 Å². The van der Waals surface area contributed by atoms with Gasteiger partial charge in [0.2, 0.25) is 5.88 Å². The van der Waals surface area contributed by atoms with Gasteiger partial charge in [-0.15, -0.1) is 0 Å². The Balaban J connectivity index is 0.000000459. The van der Waals surface area contributed by atoms with E-state index in [0.717, 1.165) is 31.6 Å². The van der Waals surface area contributed by atoms with Gasteiger partial charge in [-0.2, -0.15) is 0 Å². The Kier molecular flexibility index (Phi) is 8.01. The van der Waals surface area contributed by atoms with E-state index in [1.807, 2.05) is 12.1 Å². The predicted molar refractivity (Wildman–Crippen MR) is 130 cm³/mol. The Morgan fingerprint density at radius 1 is 1.12 bits per heavy atom. The van der Waals surface area contributed by atoms with Gasteiger partial charge in [-0.1, -0.05) is 58.1 Å². The standard InChI is InChI=1S/C23H33NO4.C5H10/c1-16-5-6-19-22(2,10-7-20-23(19,3)14-26-15-28-20)18(16)9-12-27-17-8-11-24-21(13-17)25-4;1-2-4-5-3-1/h8,11,13,18-20H,1,5-7,9-10,12,14-15H2,2-4H3;1-5H2/t18?,19?,20?,22?,23-;/m0./s1. The first kappa shape index (κ1) is 24.5. The van der Waals surface area contributed by atoms with E-state index in [0.29, 0.717) is 37.2 Å². The summed E-state index contributed by atoms with van der Waals surface area (Å²) in [6, 6.07) is 3.72. The molecule has 3 aliphatic carbocycles. The van der Waals surface area contributed by atoms with E-state index in [1.54, 1.807) is 13.3 Å². The molecule has 5 nitrogen and oxygen atoms in total. The Bertz CT molecular complexity index is 786. The van der Waals surface area contributed by atoms with Crippen LogP contribution in [0.1, 0.15) is 78.1 Å². The molecule has 5 heteroatoms. The zero-order valence-electron chi connectivity index (χ0n) is 20.9. The van der Waals surface area contributed by atoms with E-state index >= 15 is 0 Å². The third kappa shape index (κ3) is 5.24. The van der Waals surface area contributed by atoms with Crippen LogP contribution < -0.4 is 9.47 Å². The maximum absolute atomic E-state index is 6.05. The molecule has 4 aliphatic rings. The fourth-order valence-electron chi connectivity index (χ4n) is 7.13. The summed E-state index contributed by atoms with van der Waals surface area (Å²) in [6.07, 6.45) is 15.1. The van der Waals surface area contributed by atoms with E-state index < -0.39 is 0 Å². The molecule has 1 saturated heterocycles. The highest BCUT2D eigenvalue weighted by atomic mass is 16.7. The van der Waals surface area contributed by atoms with Gasteiger partial charge in [-0.3, -0.25) is 0 Å². The number of aromatic nitrogens is 1. The summed E-state index contributed by atoms with van der Waals surface area (Å²) in [7, 11) is 1.62. The third-order valence-electron chi connectivity index (χ3n) is 8.92. The monoisotopic (exact) mass is 457 g/mol. The first-order valence-electron chi connectivity index (χ1n) is 13.0. The molecule has 1 aliphatic heterocycles. The van der Waals surface area contributed by atoms with Crippen LogP contribution in [-0.2, 0) is 9.47 Å². The van der Waals surface area contributed by atoms with Crippen LogP contribution in [0, 0.1) is 22.7 Å². The fourth-order valence-corrected chi connectivity index (χ4v) is 7.13. The average molecular weight is 458 g/mol. The van der Waals surface area contributed by atoms with Crippen molar-refractivity contribution >= 4 is 0 Å². The normalized spacial score (nSPS) is 35.6. The van der Waals surface area contributed by atoms with Crippen molar-refractivity contribution in [1.29, 1.82) is 0 Å². The average Bonchev–Trinajstić information content (AvgIpc) is 3.41. The van der Waals surface area contributed by atoms with Gasteiger partial charge in [0.25, 0.3) is 0 Å². The summed E-state index contributed by atoms with van der Waals surface area (Å²) in [6.45, 7) is 11.2. The lowest BCUT2D eigenvalue weighted by molar-refractivity contribution is -0.260. The van der Waals surface area contributed by atoms with Crippen molar-refractivity contribution in [3.05, 3.63) is 30.5 Å². The van der Waals surface area contributed by atoms with Crippen molar-refractivity contribution in [2.75, 3.05) is 27.1 Å². The molecule has 33 heavy (non-hydrogen) atoms. The lowest BCUT2D eigenvalue weighted by Crippen LogP contribution is -2.60.